The zero-order valence-corrected chi connectivity index (χ0v) is 11.1. The number of Topliss-reactive ketones (excluding diaryl/α,β-unsaturated/α-hetero) is 1. The van der Waals surface area contributed by atoms with E-state index in [4.69, 9.17) is 4.74 Å². The molecule has 0 radical (unpaired) electrons. The number of carbonyl (C=O) groups is 2. The first-order valence-electron chi connectivity index (χ1n) is 6.83. The Labute approximate surface area is 109 Å². The van der Waals surface area contributed by atoms with Crippen molar-refractivity contribution >= 4 is 11.8 Å². The molecule has 0 amide bonds. The summed E-state index contributed by atoms with van der Waals surface area (Å²) in [6.07, 6.45) is 12.2. The SMILES string of the molecule is CCCCCCCCOC(=O)C1=CC=CCC1=O. The maximum absolute atomic E-state index is 11.6. The summed E-state index contributed by atoms with van der Waals surface area (Å²) < 4.78 is 5.10. The summed E-state index contributed by atoms with van der Waals surface area (Å²) in [5.74, 6) is -0.622. The van der Waals surface area contributed by atoms with Crippen molar-refractivity contribution in [1.82, 2.24) is 0 Å². The lowest BCUT2D eigenvalue weighted by Crippen LogP contribution is -2.17. The second-order valence-electron chi connectivity index (χ2n) is 4.54. The van der Waals surface area contributed by atoms with Gasteiger partial charge in [-0.3, -0.25) is 4.79 Å². The number of allylic oxidation sites excluding steroid dienone is 3. The summed E-state index contributed by atoms with van der Waals surface area (Å²) in [4.78, 5) is 23.0. The van der Waals surface area contributed by atoms with Crippen LogP contribution in [-0.2, 0) is 14.3 Å². The summed E-state index contributed by atoms with van der Waals surface area (Å²) in [6, 6.07) is 0. The molecule has 0 aromatic heterocycles. The van der Waals surface area contributed by atoms with Gasteiger partial charge in [0.2, 0.25) is 0 Å². The zero-order valence-electron chi connectivity index (χ0n) is 11.1. The first-order valence-corrected chi connectivity index (χ1v) is 6.83. The van der Waals surface area contributed by atoms with Crippen LogP contribution in [0.3, 0.4) is 0 Å². The standard InChI is InChI=1S/C15H22O3/c1-2-3-4-5-6-9-12-18-15(17)13-10-7-8-11-14(13)16/h7-8,10H,2-6,9,11-12H2,1H3. The highest BCUT2D eigenvalue weighted by Crippen LogP contribution is 2.10. The normalized spacial score (nSPS) is 14.5. The van der Waals surface area contributed by atoms with E-state index < -0.39 is 5.97 Å². The molecule has 0 saturated heterocycles. The molecule has 0 spiro atoms. The summed E-state index contributed by atoms with van der Waals surface area (Å²) in [6.45, 7) is 2.60. The summed E-state index contributed by atoms with van der Waals surface area (Å²) in [7, 11) is 0. The smallest absolute Gasteiger partial charge is 0.341 e. The van der Waals surface area contributed by atoms with E-state index in [-0.39, 0.29) is 11.4 Å². The van der Waals surface area contributed by atoms with Crippen molar-refractivity contribution in [2.75, 3.05) is 6.61 Å². The largest absolute Gasteiger partial charge is 0.462 e. The lowest BCUT2D eigenvalue weighted by Gasteiger charge is -2.08. The molecule has 1 rings (SSSR count). The molecule has 1 aliphatic carbocycles. The van der Waals surface area contributed by atoms with Crippen LogP contribution < -0.4 is 0 Å². The molecular weight excluding hydrogens is 228 g/mol. The average Bonchev–Trinajstić information content (AvgIpc) is 2.38. The van der Waals surface area contributed by atoms with Crippen LogP contribution in [0.4, 0.5) is 0 Å². The molecule has 0 fully saturated rings. The van der Waals surface area contributed by atoms with Crippen molar-refractivity contribution in [3.8, 4) is 0 Å². The average molecular weight is 250 g/mol. The first-order chi connectivity index (χ1) is 8.75. The van der Waals surface area contributed by atoms with E-state index in [1.807, 2.05) is 0 Å². The van der Waals surface area contributed by atoms with Crippen LogP contribution in [0, 0.1) is 0 Å². The van der Waals surface area contributed by atoms with Gasteiger partial charge in [0.1, 0.15) is 5.57 Å². The molecule has 0 aromatic carbocycles. The lowest BCUT2D eigenvalue weighted by molar-refractivity contribution is -0.140. The topological polar surface area (TPSA) is 43.4 Å². The van der Waals surface area contributed by atoms with Crippen LogP contribution >= 0.6 is 0 Å². The van der Waals surface area contributed by atoms with E-state index in [1.165, 1.54) is 31.8 Å². The fourth-order valence-corrected chi connectivity index (χ4v) is 1.85. The molecule has 18 heavy (non-hydrogen) atoms. The number of unbranched alkanes of at least 4 members (excludes halogenated alkanes) is 5. The van der Waals surface area contributed by atoms with Gasteiger partial charge in [0.25, 0.3) is 0 Å². The van der Waals surface area contributed by atoms with E-state index in [0.717, 1.165) is 12.8 Å². The summed E-state index contributed by atoms with van der Waals surface area (Å²) in [5, 5.41) is 0. The molecule has 0 bridgehead atoms. The van der Waals surface area contributed by atoms with Gasteiger partial charge in [0, 0.05) is 6.42 Å². The van der Waals surface area contributed by atoms with Gasteiger partial charge in [-0.15, -0.1) is 0 Å². The van der Waals surface area contributed by atoms with Crippen molar-refractivity contribution in [3.63, 3.8) is 0 Å². The highest BCUT2D eigenvalue weighted by molar-refractivity contribution is 6.18. The van der Waals surface area contributed by atoms with Crippen molar-refractivity contribution in [2.24, 2.45) is 0 Å². The Morgan fingerprint density at radius 2 is 1.94 bits per heavy atom. The second kappa shape index (κ2) is 8.67. The quantitative estimate of drug-likeness (QED) is 0.377. The number of ketones is 1. The summed E-state index contributed by atoms with van der Waals surface area (Å²) in [5.41, 5.74) is 0.184. The molecule has 0 atom stereocenters. The fourth-order valence-electron chi connectivity index (χ4n) is 1.85. The number of carbonyl (C=O) groups excluding carboxylic acids is 2. The second-order valence-corrected chi connectivity index (χ2v) is 4.54. The molecule has 3 nitrogen and oxygen atoms in total. The monoisotopic (exact) mass is 250 g/mol. The van der Waals surface area contributed by atoms with E-state index in [2.05, 4.69) is 6.92 Å². The Kier molecular flexibility index (Phi) is 7.07. The molecule has 0 heterocycles. The van der Waals surface area contributed by atoms with Gasteiger partial charge in [-0.25, -0.2) is 4.79 Å². The molecule has 0 N–H and O–H groups in total. The predicted octanol–water partition coefficient (Wildman–Crippen LogP) is 3.35. The predicted molar refractivity (Wildman–Crippen MR) is 71.2 cm³/mol. The highest BCUT2D eigenvalue weighted by Gasteiger charge is 2.19. The minimum atomic E-state index is -0.474. The van der Waals surface area contributed by atoms with E-state index >= 15 is 0 Å². The minimum absolute atomic E-state index is 0.148. The van der Waals surface area contributed by atoms with Crippen LogP contribution in [0.15, 0.2) is 23.8 Å². The third-order valence-corrected chi connectivity index (χ3v) is 2.95. The van der Waals surface area contributed by atoms with E-state index in [1.54, 1.807) is 12.2 Å². The van der Waals surface area contributed by atoms with Gasteiger partial charge in [0.15, 0.2) is 5.78 Å². The summed E-state index contributed by atoms with van der Waals surface area (Å²) >= 11 is 0. The maximum atomic E-state index is 11.6. The van der Waals surface area contributed by atoms with Gasteiger partial charge in [-0.2, -0.15) is 0 Å². The molecule has 3 heteroatoms. The minimum Gasteiger partial charge on any atom is -0.462 e. The van der Waals surface area contributed by atoms with Crippen LogP contribution in [0.1, 0.15) is 51.9 Å². The number of ether oxygens (including phenoxy) is 1. The fraction of sp³-hybridized carbons (Fsp3) is 0.600. The number of hydrogen-bond donors (Lipinski definition) is 0. The van der Waals surface area contributed by atoms with Gasteiger partial charge in [0.05, 0.1) is 6.61 Å². The van der Waals surface area contributed by atoms with Crippen LogP contribution in [0.2, 0.25) is 0 Å². The van der Waals surface area contributed by atoms with Crippen molar-refractivity contribution in [2.45, 2.75) is 51.9 Å². The molecular formula is C15H22O3. The van der Waals surface area contributed by atoms with Gasteiger partial charge < -0.3 is 4.74 Å². The third kappa shape index (κ3) is 5.30. The maximum Gasteiger partial charge on any atom is 0.341 e. The number of hydrogen-bond acceptors (Lipinski definition) is 3. The van der Waals surface area contributed by atoms with Gasteiger partial charge >= 0.3 is 5.97 Å². The Hall–Kier alpha value is -1.38. The molecule has 100 valence electrons. The number of rotatable bonds is 8. The molecule has 1 aliphatic rings. The Morgan fingerprint density at radius 1 is 1.22 bits per heavy atom. The van der Waals surface area contributed by atoms with Gasteiger partial charge in [-0.05, 0) is 12.5 Å². The Bertz CT molecular complexity index is 340. The van der Waals surface area contributed by atoms with Crippen molar-refractivity contribution < 1.29 is 14.3 Å². The first kappa shape index (κ1) is 14.7. The molecule has 0 aliphatic heterocycles. The number of esters is 1. The molecule has 0 unspecified atom stereocenters. The zero-order chi connectivity index (χ0) is 13.2. The van der Waals surface area contributed by atoms with Crippen molar-refractivity contribution in [3.05, 3.63) is 23.8 Å². The van der Waals surface area contributed by atoms with E-state index in [9.17, 15) is 9.59 Å². The molecule has 0 aromatic rings. The lowest BCUT2D eigenvalue weighted by atomic mass is 10.0. The Morgan fingerprint density at radius 3 is 2.67 bits per heavy atom. The van der Waals surface area contributed by atoms with Crippen LogP contribution in [-0.4, -0.2) is 18.4 Å². The molecule has 0 saturated carbocycles. The van der Waals surface area contributed by atoms with Gasteiger partial charge in [-0.1, -0.05) is 51.2 Å². The van der Waals surface area contributed by atoms with Crippen molar-refractivity contribution in [1.29, 1.82) is 0 Å². The van der Waals surface area contributed by atoms with E-state index in [0.29, 0.717) is 13.0 Å². The van der Waals surface area contributed by atoms with Crippen LogP contribution in [0.5, 0.6) is 0 Å². The Balaban J connectivity index is 2.12. The van der Waals surface area contributed by atoms with Crippen LogP contribution in [0.25, 0.3) is 0 Å². The third-order valence-electron chi connectivity index (χ3n) is 2.95. The highest BCUT2D eigenvalue weighted by atomic mass is 16.5.